The highest BCUT2D eigenvalue weighted by Crippen LogP contribution is 2.18. The molecule has 0 aromatic rings. The van der Waals surface area contributed by atoms with Crippen molar-refractivity contribution in [3.8, 4) is 6.07 Å². The van der Waals surface area contributed by atoms with Gasteiger partial charge in [-0.3, -0.25) is 0 Å². The molecule has 0 radical (unpaired) electrons. The molecule has 0 spiro atoms. The van der Waals surface area contributed by atoms with Gasteiger partial charge < -0.3 is 0 Å². The molecule has 0 saturated carbocycles. The lowest BCUT2D eigenvalue weighted by atomic mass is 9.93. The van der Waals surface area contributed by atoms with E-state index in [1.165, 1.54) is 0 Å². The number of rotatable bonds is 4. The molecule has 0 aliphatic rings. The molecule has 0 aliphatic heterocycles. The zero-order valence-electron chi connectivity index (χ0n) is 6.85. The minimum Gasteiger partial charge on any atom is -0.198 e. The van der Waals surface area contributed by atoms with Gasteiger partial charge >= 0.3 is 0 Å². The van der Waals surface area contributed by atoms with Crippen LogP contribution in [0.2, 0.25) is 0 Å². The maximum absolute atomic E-state index is 8.37. The summed E-state index contributed by atoms with van der Waals surface area (Å²) in [6.45, 7) is 8.14. The van der Waals surface area contributed by atoms with E-state index in [9.17, 15) is 0 Å². The van der Waals surface area contributed by atoms with Crippen LogP contribution >= 0.6 is 0 Å². The van der Waals surface area contributed by atoms with E-state index < -0.39 is 0 Å². The summed E-state index contributed by atoms with van der Waals surface area (Å²) in [6, 6.07) is 2.12. The zero-order chi connectivity index (χ0) is 7.98. The van der Waals surface area contributed by atoms with Crippen LogP contribution in [0.5, 0.6) is 0 Å². The minimum atomic E-state index is 0.520. The third-order valence-corrected chi connectivity index (χ3v) is 1.87. The Bertz CT molecular complexity index is 137. The van der Waals surface area contributed by atoms with Crippen LogP contribution in [0.25, 0.3) is 0 Å². The summed E-state index contributed by atoms with van der Waals surface area (Å²) >= 11 is 0. The average Bonchev–Trinajstić information content (AvgIpc) is 1.91. The standard InChI is InChI=1S/C9H15N/c1-4-9(5-2)8(3)6-7-10/h9H,3-6H2,1-2H3. The molecule has 1 heteroatoms. The van der Waals surface area contributed by atoms with Gasteiger partial charge in [0.2, 0.25) is 0 Å². The van der Waals surface area contributed by atoms with Crippen molar-refractivity contribution in [2.45, 2.75) is 33.1 Å². The molecule has 0 fully saturated rings. The summed E-state index contributed by atoms with van der Waals surface area (Å²) in [4.78, 5) is 0. The van der Waals surface area contributed by atoms with Gasteiger partial charge in [0.1, 0.15) is 0 Å². The first kappa shape index (κ1) is 9.23. The lowest BCUT2D eigenvalue weighted by molar-refractivity contribution is 0.565. The van der Waals surface area contributed by atoms with Crippen molar-refractivity contribution >= 4 is 0 Å². The lowest BCUT2D eigenvalue weighted by Gasteiger charge is -2.11. The molecular formula is C9H15N. The van der Waals surface area contributed by atoms with Crippen LogP contribution < -0.4 is 0 Å². The largest absolute Gasteiger partial charge is 0.198 e. The van der Waals surface area contributed by atoms with E-state index in [-0.39, 0.29) is 0 Å². The second kappa shape index (κ2) is 5.05. The molecule has 0 unspecified atom stereocenters. The van der Waals surface area contributed by atoms with Crippen molar-refractivity contribution in [1.82, 2.24) is 0 Å². The van der Waals surface area contributed by atoms with E-state index in [0.29, 0.717) is 12.3 Å². The Morgan fingerprint density at radius 1 is 1.50 bits per heavy atom. The van der Waals surface area contributed by atoms with Crippen LogP contribution in [0.15, 0.2) is 12.2 Å². The summed E-state index contributed by atoms with van der Waals surface area (Å²) in [7, 11) is 0. The Balaban J connectivity index is 3.79. The van der Waals surface area contributed by atoms with Gasteiger partial charge in [-0.2, -0.15) is 5.26 Å². The summed E-state index contributed by atoms with van der Waals surface area (Å²) < 4.78 is 0. The van der Waals surface area contributed by atoms with Gasteiger partial charge in [0.25, 0.3) is 0 Å². The molecule has 0 bridgehead atoms. The average molecular weight is 137 g/mol. The Labute approximate surface area is 63.4 Å². The molecule has 0 aromatic carbocycles. The van der Waals surface area contributed by atoms with Crippen molar-refractivity contribution in [1.29, 1.82) is 5.26 Å². The van der Waals surface area contributed by atoms with Crippen LogP contribution in [0.3, 0.4) is 0 Å². The van der Waals surface area contributed by atoms with Crippen molar-refractivity contribution in [3.05, 3.63) is 12.2 Å². The first-order chi connectivity index (χ1) is 4.76. The first-order valence-electron chi connectivity index (χ1n) is 3.80. The molecule has 1 nitrogen and oxygen atoms in total. The minimum absolute atomic E-state index is 0.520. The molecule has 56 valence electrons. The second-order valence-electron chi connectivity index (χ2n) is 2.51. The molecule has 0 aliphatic carbocycles. The Kier molecular flexibility index (Phi) is 4.66. The quantitative estimate of drug-likeness (QED) is 0.546. The predicted molar refractivity (Wildman–Crippen MR) is 43.4 cm³/mol. The van der Waals surface area contributed by atoms with Crippen LogP contribution in [-0.2, 0) is 0 Å². The van der Waals surface area contributed by atoms with Crippen LogP contribution in [0.4, 0.5) is 0 Å². The summed E-state index contributed by atoms with van der Waals surface area (Å²) in [5, 5.41) is 8.37. The van der Waals surface area contributed by atoms with Gasteiger partial charge in [0, 0.05) is 0 Å². The molecule has 0 saturated heterocycles. The van der Waals surface area contributed by atoms with Gasteiger partial charge in [-0.15, -0.1) is 0 Å². The number of nitrogens with zero attached hydrogens (tertiary/aromatic N) is 1. The van der Waals surface area contributed by atoms with Gasteiger partial charge in [-0.25, -0.2) is 0 Å². The molecule has 0 aromatic heterocycles. The van der Waals surface area contributed by atoms with Crippen LogP contribution in [0.1, 0.15) is 33.1 Å². The lowest BCUT2D eigenvalue weighted by Crippen LogP contribution is -1.99. The van der Waals surface area contributed by atoms with E-state index in [1.807, 2.05) is 0 Å². The molecule has 0 atom stereocenters. The number of nitriles is 1. The number of allylic oxidation sites excluding steroid dienone is 1. The second-order valence-corrected chi connectivity index (χ2v) is 2.51. The van der Waals surface area contributed by atoms with Gasteiger partial charge in [-0.05, 0) is 18.8 Å². The molecule has 10 heavy (non-hydrogen) atoms. The smallest absolute Gasteiger partial charge is 0.0666 e. The van der Waals surface area contributed by atoms with E-state index in [0.717, 1.165) is 18.4 Å². The Morgan fingerprint density at radius 3 is 2.30 bits per heavy atom. The van der Waals surface area contributed by atoms with Crippen molar-refractivity contribution < 1.29 is 0 Å². The zero-order valence-corrected chi connectivity index (χ0v) is 6.85. The molecule has 0 rings (SSSR count). The summed E-state index contributed by atoms with van der Waals surface area (Å²) in [6.07, 6.45) is 2.74. The highest BCUT2D eigenvalue weighted by molar-refractivity contribution is 5.06. The van der Waals surface area contributed by atoms with Gasteiger partial charge in [0.15, 0.2) is 0 Å². The van der Waals surface area contributed by atoms with Crippen molar-refractivity contribution in [3.63, 3.8) is 0 Å². The maximum Gasteiger partial charge on any atom is 0.0666 e. The third kappa shape index (κ3) is 2.68. The SMILES string of the molecule is C=C(CC#N)C(CC)CC. The molecule has 0 heterocycles. The predicted octanol–water partition coefficient (Wildman–Crippen LogP) is 2.89. The van der Waals surface area contributed by atoms with Crippen molar-refractivity contribution in [2.75, 3.05) is 0 Å². The van der Waals surface area contributed by atoms with Crippen LogP contribution in [-0.4, -0.2) is 0 Å². The van der Waals surface area contributed by atoms with E-state index >= 15 is 0 Å². The maximum atomic E-state index is 8.37. The van der Waals surface area contributed by atoms with E-state index in [1.54, 1.807) is 0 Å². The highest BCUT2D eigenvalue weighted by atomic mass is 14.2. The van der Waals surface area contributed by atoms with Crippen LogP contribution in [0, 0.1) is 17.2 Å². The van der Waals surface area contributed by atoms with Crippen molar-refractivity contribution in [2.24, 2.45) is 5.92 Å². The molecule has 0 amide bonds. The summed E-state index contributed by atoms with van der Waals surface area (Å²) in [5.74, 6) is 0.555. The topological polar surface area (TPSA) is 23.8 Å². The number of hydrogen-bond donors (Lipinski definition) is 0. The Hall–Kier alpha value is -0.770. The normalized spacial score (nSPS) is 9.40. The molecular weight excluding hydrogens is 122 g/mol. The Morgan fingerprint density at radius 2 is 2.00 bits per heavy atom. The third-order valence-electron chi connectivity index (χ3n) is 1.87. The summed E-state index contributed by atoms with van der Waals surface area (Å²) in [5.41, 5.74) is 1.09. The molecule has 0 N–H and O–H groups in total. The fraction of sp³-hybridized carbons (Fsp3) is 0.667. The fourth-order valence-corrected chi connectivity index (χ4v) is 1.11. The monoisotopic (exact) mass is 137 g/mol. The first-order valence-corrected chi connectivity index (χ1v) is 3.80. The fourth-order valence-electron chi connectivity index (χ4n) is 1.11. The van der Waals surface area contributed by atoms with E-state index in [2.05, 4.69) is 26.5 Å². The number of hydrogen-bond acceptors (Lipinski definition) is 1. The van der Waals surface area contributed by atoms with E-state index in [4.69, 9.17) is 5.26 Å². The van der Waals surface area contributed by atoms with Gasteiger partial charge in [-0.1, -0.05) is 26.0 Å². The van der Waals surface area contributed by atoms with Gasteiger partial charge in [0.05, 0.1) is 12.5 Å². The highest BCUT2D eigenvalue weighted by Gasteiger charge is 2.06.